The minimum Gasteiger partial charge on any atom is -0.460 e. The highest BCUT2D eigenvalue weighted by Gasteiger charge is 2.12. The third-order valence-corrected chi connectivity index (χ3v) is 3.52. The predicted octanol–water partition coefficient (Wildman–Crippen LogP) is 3.24. The highest BCUT2D eigenvalue weighted by molar-refractivity contribution is 5.73. The molecule has 0 radical (unpaired) electrons. The molecule has 3 aromatic rings. The third kappa shape index (κ3) is 3.22. The van der Waals surface area contributed by atoms with E-state index in [2.05, 4.69) is 6.07 Å². The van der Waals surface area contributed by atoms with Gasteiger partial charge in [-0.15, -0.1) is 0 Å². The van der Waals surface area contributed by atoms with E-state index in [1.54, 1.807) is 18.3 Å². The van der Waals surface area contributed by atoms with Crippen LogP contribution >= 0.6 is 0 Å². The molecule has 5 heteroatoms. The molecular formula is C18H13FN2O2. The van der Waals surface area contributed by atoms with Crippen LogP contribution in [-0.2, 0) is 22.6 Å². The van der Waals surface area contributed by atoms with Gasteiger partial charge in [0.1, 0.15) is 18.5 Å². The van der Waals surface area contributed by atoms with Gasteiger partial charge in [-0.25, -0.2) is 4.39 Å². The molecule has 0 saturated heterocycles. The number of benzene rings is 1. The zero-order valence-electron chi connectivity index (χ0n) is 12.2. The van der Waals surface area contributed by atoms with Crippen LogP contribution in [0.1, 0.15) is 16.7 Å². The molecule has 0 fully saturated rings. The lowest BCUT2D eigenvalue weighted by molar-refractivity contribution is -0.144. The molecule has 23 heavy (non-hydrogen) atoms. The van der Waals surface area contributed by atoms with E-state index in [4.69, 9.17) is 4.74 Å². The van der Waals surface area contributed by atoms with Gasteiger partial charge in [-0.1, -0.05) is 18.2 Å². The van der Waals surface area contributed by atoms with Gasteiger partial charge in [-0.3, -0.25) is 4.79 Å². The lowest BCUT2D eigenvalue weighted by atomic mass is 10.1. The standard InChI is InChI=1S/C18H13FN2O2/c19-15-6-4-13(5-7-15)9-18(22)23-12-14-11-21-8-2-1-3-17(21)16(14)10-20/h1-8,11H,9,12H2. The molecule has 1 aromatic carbocycles. The third-order valence-electron chi connectivity index (χ3n) is 3.52. The molecular weight excluding hydrogens is 295 g/mol. The predicted molar refractivity (Wildman–Crippen MR) is 82.0 cm³/mol. The van der Waals surface area contributed by atoms with Gasteiger partial charge in [0.15, 0.2) is 0 Å². The maximum absolute atomic E-state index is 12.8. The van der Waals surface area contributed by atoms with Crippen LogP contribution in [-0.4, -0.2) is 10.4 Å². The molecule has 0 amide bonds. The Hall–Kier alpha value is -3.13. The number of nitrogens with zero attached hydrogens (tertiary/aromatic N) is 2. The first-order valence-electron chi connectivity index (χ1n) is 7.06. The first-order valence-corrected chi connectivity index (χ1v) is 7.06. The number of esters is 1. The maximum Gasteiger partial charge on any atom is 0.310 e. The summed E-state index contributed by atoms with van der Waals surface area (Å²) in [7, 11) is 0. The van der Waals surface area contributed by atoms with Gasteiger partial charge in [0, 0.05) is 18.0 Å². The van der Waals surface area contributed by atoms with Crippen molar-refractivity contribution in [3.63, 3.8) is 0 Å². The Morgan fingerprint density at radius 3 is 2.74 bits per heavy atom. The van der Waals surface area contributed by atoms with Crippen molar-refractivity contribution in [3.05, 3.63) is 77.4 Å². The molecule has 0 aliphatic rings. The van der Waals surface area contributed by atoms with Crippen molar-refractivity contribution in [1.82, 2.24) is 4.40 Å². The smallest absolute Gasteiger partial charge is 0.310 e. The van der Waals surface area contributed by atoms with E-state index in [1.807, 2.05) is 28.8 Å². The van der Waals surface area contributed by atoms with Gasteiger partial charge in [0.05, 0.1) is 17.5 Å². The van der Waals surface area contributed by atoms with Crippen molar-refractivity contribution >= 4 is 11.5 Å². The lowest BCUT2D eigenvalue weighted by Gasteiger charge is -2.04. The number of carbonyl (C=O) groups excluding carboxylic acids is 1. The van der Waals surface area contributed by atoms with Gasteiger partial charge >= 0.3 is 5.97 Å². The van der Waals surface area contributed by atoms with Crippen LogP contribution in [0.25, 0.3) is 5.52 Å². The van der Waals surface area contributed by atoms with Crippen LogP contribution in [0.3, 0.4) is 0 Å². The summed E-state index contributed by atoms with van der Waals surface area (Å²) in [6, 6.07) is 13.4. The van der Waals surface area contributed by atoms with Crippen molar-refractivity contribution in [2.75, 3.05) is 0 Å². The number of pyridine rings is 1. The summed E-state index contributed by atoms with van der Waals surface area (Å²) in [5.74, 6) is -0.767. The van der Waals surface area contributed by atoms with E-state index in [9.17, 15) is 14.4 Å². The number of fused-ring (bicyclic) bond motifs is 1. The average Bonchev–Trinajstić information content (AvgIpc) is 2.92. The second-order valence-electron chi connectivity index (χ2n) is 5.10. The molecule has 2 heterocycles. The fraction of sp³-hybridized carbons (Fsp3) is 0.111. The zero-order valence-corrected chi connectivity index (χ0v) is 12.2. The number of ether oxygens (including phenoxy) is 1. The van der Waals surface area contributed by atoms with E-state index in [-0.39, 0.29) is 18.8 Å². The number of carbonyl (C=O) groups is 1. The molecule has 2 aromatic heterocycles. The molecule has 0 aliphatic carbocycles. The summed E-state index contributed by atoms with van der Waals surface area (Å²) in [6.07, 6.45) is 3.68. The molecule has 0 atom stereocenters. The highest BCUT2D eigenvalue weighted by atomic mass is 19.1. The molecule has 3 rings (SSSR count). The van der Waals surface area contributed by atoms with Gasteiger partial charge < -0.3 is 9.14 Å². The first kappa shape index (κ1) is 14.8. The fourth-order valence-corrected chi connectivity index (χ4v) is 2.39. The van der Waals surface area contributed by atoms with Crippen LogP contribution in [0.15, 0.2) is 54.9 Å². The topological polar surface area (TPSA) is 54.5 Å². The van der Waals surface area contributed by atoms with E-state index < -0.39 is 5.97 Å². The highest BCUT2D eigenvalue weighted by Crippen LogP contribution is 2.18. The second-order valence-corrected chi connectivity index (χ2v) is 5.10. The number of aromatic nitrogens is 1. The lowest BCUT2D eigenvalue weighted by Crippen LogP contribution is -2.08. The molecule has 0 bridgehead atoms. The number of hydrogen-bond donors (Lipinski definition) is 0. The monoisotopic (exact) mass is 308 g/mol. The molecule has 4 nitrogen and oxygen atoms in total. The Morgan fingerprint density at radius 1 is 1.22 bits per heavy atom. The zero-order chi connectivity index (χ0) is 16.2. The van der Waals surface area contributed by atoms with E-state index in [0.29, 0.717) is 16.7 Å². The second kappa shape index (κ2) is 6.32. The minimum atomic E-state index is -0.421. The maximum atomic E-state index is 12.8. The van der Waals surface area contributed by atoms with Crippen molar-refractivity contribution in [3.8, 4) is 6.07 Å². The number of halogens is 1. The van der Waals surface area contributed by atoms with Crippen molar-refractivity contribution in [2.24, 2.45) is 0 Å². The molecule has 0 N–H and O–H groups in total. The van der Waals surface area contributed by atoms with E-state index >= 15 is 0 Å². The normalized spacial score (nSPS) is 10.4. The summed E-state index contributed by atoms with van der Waals surface area (Å²) >= 11 is 0. The van der Waals surface area contributed by atoms with Crippen LogP contribution in [0.2, 0.25) is 0 Å². The number of hydrogen-bond acceptors (Lipinski definition) is 3. The summed E-state index contributed by atoms with van der Waals surface area (Å²) < 4.78 is 19.9. The SMILES string of the molecule is N#Cc1c(COC(=O)Cc2ccc(F)cc2)cn2ccccc12. The van der Waals surface area contributed by atoms with Crippen LogP contribution in [0.4, 0.5) is 4.39 Å². The van der Waals surface area contributed by atoms with Gasteiger partial charge in [0.25, 0.3) is 0 Å². The molecule has 0 unspecified atom stereocenters. The molecule has 0 spiro atoms. The molecule has 114 valence electrons. The Balaban J connectivity index is 1.69. The van der Waals surface area contributed by atoms with Crippen LogP contribution in [0, 0.1) is 17.1 Å². The summed E-state index contributed by atoms with van der Waals surface area (Å²) in [5, 5.41) is 9.29. The number of rotatable bonds is 4. The summed E-state index contributed by atoms with van der Waals surface area (Å²) in [5.41, 5.74) is 2.62. The van der Waals surface area contributed by atoms with Gasteiger partial charge in [-0.05, 0) is 29.8 Å². The first-order chi connectivity index (χ1) is 11.2. The fourth-order valence-electron chi connectivity index (χ4n) is 2.39. The molecule has 0 saturated carbocycles. The summed E-state index contributed by atoms with van der Waals surface area (Å²) in [6.45, 7) is 0.0323. The van der Waals surface area contributed by atoms with Crippen LogP contribution in [0.5, 0.6) is 0 Å². The largest absolute Gasteiger partial charge is 0.460 e. The van der Waals surface area contributed by atoms with Gasteiger partial charge in [0.2, 0.25) is 0 Å². The van der Waals surface area contributed by atoms with Crippen LogP contribution < -0.4 is 0 Å². The van der Waals surface area contributed by atoms with E-state index in [1.165, 1.54) is 12.1 Å². The molecule has 0 aliphatic heterocycles. The van der Waals surface area contributed by atoms with Gasteiger partial charge in [-0.2, -0.15) is 5.26 Å². The van der Waals surface area contributed by atoms with Crippen molar-refractivity contribution in [1.29, 1.82) is 5.26 Å². The van der Waals surface area contributed by atoms with Crippen molar-refractivity contribution < 1.29 is 13.9 Å². The van der Waals surface area contributed by atoms with Crippen molar-refractivity contribution in [2.45, 2.75) is 13.0 Å². The Bertz CT molecular complexity index is 892. The number of nitriles is 1. The summed E-state index contributed by atoms with van der Waals surface area (Å²) in [4.78, 5) is 11.9. The van der Waals surface area contributed by atoms with E-state index in [0.717, 1.165) is 5.52 Å². The Kier molecular flexibility index (Phi) is 4.07. The average molecular weight is 308 g/mol. The Morgan fingerprint density at radius 2 is 2.00 bits per heavy atom. The quantitative estimate of drug-likeness (QED) is 0.695. The Labute approximate surface area is 132 Å². The minimum absolute atomic E-state index is 0.0323.